The second-order valence-corrected chi connectivity index (χ2v) is 5.57. The minimum atomic E-state index is -0.779. The predicted molar refractivity (Wildman–Crippen MR) is 88.2 cm³/mol. The molecule has 3 rings (SSSR count). The highest BCUT2D eigenvalue weighted by Crippen LogP contribution is 2.24. The molecule has 0 saturated heterocycles. The van der Waals surface area contributed by atoms with Gasteiger partial charge in [0.15, 0.2) is 0 Å². The molecule has 2 aromatic heterocycles. The Bertz CT molecular complexity index is 932. The van der Waals surface area contributed by atoms with Gasteiger partial charge in [-0.1, -0.05) is 6.07 Å². The van der Waals surface area contributed by atoms with Crippen molar-refractivity contribution in [1.82, 2.24) is 14.1 Å². The van der Waals surface area contributed by atoms with Crippen LogP contribution in [0.5, 0.6) is 0 Å². The molecular weight excluding hydrogens is 306 g/mol. The summed E-state index contributed by atoms with van der Waals surface area (Å²) in [5.74, 6) is 0. The first-order valence-corrected chi connectivity index (χ1v) is 7.48. The van der Waals surface area contributed by atoms with Crippen molar-refractivity contribution < 1.29 is 9.53 Å². The molecule has 3 aromatic rings. The van der Waals surface area contributed by atoms with Crippen molar-refractivity contribution in [2.75, 3.05) is 6.61 Å². The van der Waals surface area contributed by atoms with E-state index >= 15 is 0 Å². The largest absolute Gasteiger partial charge is 0.449 e. The number of nitriles is 1. The highest BCUT2D eigenvalue weighted by molar-refractivity contribution is 5.85. The third-order valence-corrected chi connectivity index (χ3v) is 3.80. The van der Waals surface area contributed by atoms with Crippen LogP contribution in [0.15, 0.2) is 36.9 Å². The quantitative estimate of drug-likeness (QED) is 0.775. The zero-order valence-electron chi connectivity index (χ0n) is 13.3. The molecule has 0 fully saturated rings. The summed E-state index contributed by atoms with van der Waals surface area (Å²) in [4.78, 5) is 15.1. The van der Waals surface area contributed by atoms with Gasteiger partial charge in [-0.25, -0.2) is 9.78 Å². The summed E-state index contributed by atoms with van der Waals surface area (Å²) in [6.45, 7) is 0.820. The topological polar surface area (TPSA) is 98.9 Å². The Balaban J connectivity index is 1.96. The molecule has 7 heteroatoms. The van der Waals surface area contributed by atoms with E-state index in [2.05, 4.69) is 15.6 Å². The van der Waals surface area contributed by atoms with Gasteiger partial charge in [0.25, 0.3) is 0 Å². The van der Waals surface area contributed by atoms with Crippen molar-refractivity contribution in [3.05, 3.63) is 53.7 Å². The zero-order chi connectivity index (χ0) is 17.1. The summed E-state index contributed by atoms with van der Waals surface area (Å²) in [7, 11) is 1.92. The van der Waals surface area contributed by atoms with Crippen LogP contribution in [0.2, 0.25) is 0 Å². The highest BCUT2D eigenvalue weighted by atomic mass is 16.5. The van der Waals surface area contributed by atoms with E-state index in [1.54, 1.807) is 12.4 Å². The molecule has 0 atom stereocenters. The van der Waals surface area contributed by atoms with Crippen LogP contribution in [-0.4, -0.2) is 26.8 Å². The number of benzene rings is 1. The van der Waals surface area contributed by atoms with Crippen molar-refractivity contribution in [3.63, 3.8) is 0 Å². The van der Waals surface area contributed by atoms with E-state index in [0.29, 0.717) is 18.5 Å². The Hall–Kier alpha value is -3.27. The summed E-state index contributed by atoms with van der Waals surface area (Å²) in [6.07, 6.45) is 5.49. The third-order valence-electron chi connectivity index (χ3n) is 3.80. The number of imidazole rings is 1. The number of amides is 1. The first-order chi connectivity index (χ1) is 11.6. The molecule has 2 N–H and O–H groups in total. The van der Waals surface area contributed by atoms with Crippen LogP contribution in [0.1, 0.15) is 16.8 Å². The Morgan fingerprint density at radius 3 is 2.92 bits per heavy atom. The second-order valence-electron chi connectivity index (χ2n) is 5.57. The molecule has 0 bridgehead atoms. The minimum Gasteiger partial charge on any atom is -0.449 e. The lowest BCUT2D eigenvalue weighted by Crippen LogP contribution is -2.14. The first-order valence-electron chi connectivity index (χ1n) is 7.48. The van der Waals surface area contributed by atoms with Crippen LogP contribution < -0.4 is 5.73 Å². The van der Waals surface area contributed by atoms with E-state index in [-0.39, 0.29) is 6.61 Å². The van der Waals surface area contributed by atoms with Gasteiger partial charge in [-0.15, -0.1) is 0 Å². The number of carbonyl (C=O) groups excluding carboxylic acids is 1. The van der Waals surface area contributed by atoms with Crippen LogP contribution in [-0.2, 0) is 24.8 Å². The van der Waals surface area contributed by atoms with Gasteiger partial charge in [-0.2, -0.15) is 5.26 Å². The summed E-state index contributed by atoms with van der Waals surface area (Å²) < 4.78 is 8.78. The number of nitrogens with two attached hydrogens (primary N) is 1. The van der Waals surface area contributed by atoms with Crippen LogP contribution in [0, 0.1) is 11.3 Å². The van der Waals surface area contributed by atoms with Gasteiger partial charge >= 0.3 is 6.09 Å². The normalized spacial score (nSPS) is 10.7. The number of hydrogen-bond donors (Lipinski definition) is 1. The molecule has 0 saturated carbocycles. The van der Waals surface area contributed by atoms with Crippen LogP contribution in [0.25, 0.3) is 10.9 Å². The monoisotopic (exact) mass is 323 g/mol. The lowest BCUT2D eigenvalue weighted by molar-refractivity contribution is 0.158. The molecular formula is C17H17N5O2. The number of primary amides is 1. The Morgan fingerprint density at radius 1 is 1.42 bits per heavy atom. The van der Waals surface area contributed by atoms with Gasteiger partial charge in [0.1, 0.15) is 0 Å². The van der Waals surface area contributed by atoms with Crippen molar-refractivity contribution in [3.8, 4) is 6.07 Å². The number of aromatic nitrogens is 3. The highest BCUT2D eigenvalue weighted by Gasteiger charge is 2.11. The number of aryl methyl sites for hydroxylation is 1. The smallest absolute Gasteiger partial charge is 0.404 e. The molecule has 1 aromatic carbocycles. The zero-order valence-corrected chi connectivity index (χ0v) is 13.3. The molecule has 0 aliphatic carbocycles. The summed E-state index contributed by atoms with van der Waals surface area (Å²) in [5.41, 5.74) is 8.52. The van der Waals surface area contributed by atoms with Crippen molar-refractivity contribution in [2.45, 2.75) is 13.0 Å². The Morgan fingerprint density at radius 2 is 2.25 bits per heavy atom. The van der Waals surface area contributed by atoms with Gasteiger partial charge in [0.05, 0.1) is 36.8 Å². The lowest BCUT2D eigenvalue weighted by Gasteiger charge is -2.03. The molecule has 1 amide bonds. The number of rotatable bonds is 5. The maximum Gasteiger partial charge on any atom is 0.404 e. The molecule has 0 radical (unpaired) electrons. The SMILES string of the molecule is Cn1cnc(Cn2cc(CCOC(N)=O)c3ccc(C#N)cc32)c1. The minimum absolute atomic E-state index is 0.220. The first kappa shape index (κ1) is 15.6. The number of fused-ring (bicyclic) bond motifs is 1. The summed E-state index contributed by atoms with van der Waals surface area (Å²) in [5, 5.41) is 10.2. The Kier molecular flexibility index (Phi) is 4.20. The average Bonchev–Trinajstić information content (AvgIpc) is 3.11. The summed E-state index contributed by atoms with van der Waals surface area (Å²) >= 11 is 0. The van der Waals surface area contributed by atoms with Gasteiger partial charge in [0.2, 0.25) is 0 Å². The van der Waals surface area contributed by atoms with E-state index in [0.717, 1.165) is 22.2 Å². The number of carbonyl (C=O) groups is 1. The number of nitrogens with zero attached hydrogens (tertiary/aromatic N) is 4. The Labute approximate surface area is 138 Å². The average molecular weight is 323 g/mol. The van der Waals surface area contributed by atoms with Crippen LogP contribution in [0.3, 0.4) is 0 Å². The van der Waals surface area contributed by atoms with Crippen LogP contribution in [0.4, 0.5) is 4.79 Å². The molecule has 0 unspecified atom stereocenters. The fourth-order valence-corrected chi connectivity index (χ4v) is 2.75. The molecule has 2 heterocycles. The van der Waals surface area contributed by atoms with Crippen molar-refractivity contribution >= 4 is 17.0 Å². The van der Waals surface area contributed by atoms with Crippen LogP contribution >= 0.6 is 0 Å². The predicted octanol–water partition coefficient (Wildman–Crippen LogP) is 1.93. The molecule has 0 aliphatic heterocycles. The third kappa shape index (κ3) is 3.22. The van der Waals surface area contributed by atoms with Crippen molar-refractivity contribution in [2.24, 2.45) is 12.8 Å². The van der Waals surface area contributed by atoms with E-state index < -0.39 is 6.09 Å². The maximum atomic E-state index is 10.7. The lowest BCUT2D eigenvalue weighted by atomic mass is 10.1. The van der Waals surface area contributed by atoms with Gasteiger partial charge in [-0.05, 0) is 17.7 Å². The molecule has 0 aliphatic rings. The van der Waals surface area contributed by atoms with Gasteiger partial charge in [-0.3, -0.25) is 0 Å². The number of hydrogen-bond acceptors (Lipinski definition) is 4. The van der Waals surface area contributed by atoms with Gasteiger partial charge in [0, 0.05) is 36.8 Å². The van der Waals surface area contributed by atoms with Crippen molar-refractivity contribution in [1.29, 1.82) is 5.26 Å². The molecule has 24 heavy (non-hydrogen) atoms. The number of ether oxygens (including phenoxy) is 1. The fraction of sp³-hybridized carbons (Fsp3) is 0.235. The van der Waals surface area contributed by atoms with E-state index in [1.807, 2.05) is 36.1 Å². The van der Waals surface area contributed by atoms with E-state index in [1.165, 1.54) is 0 Å². The molecule has 122 valence electrons. The van der Waals surface area contributed by atoms with E-state index in [9.17, 15) is 4.79 Å². The second kappa shape index (κ2) is 6.46. The van der Waals surface area contributed by atoms with E-state index in [4.69, 9.17) is 15.7 Å². The standard InChI is InChI=1S/C17H17N5O2/c1-21-9-14(20-11-21)10-22-8-13(4-5-24-17(19)23)15-3-2-12(7-18)6-16(15)22/h2-3,6,8-9,11H,4-5,10H2,1H3,(H2,19,23). The fourth-order valence-electron chi connectivity index (χ4n) is 2.75. The summed E-state index contributed by atoms with van der Waals surface area (Å²) in [6, 6.07) is 7.72. The molecule has 0 spiro atoms. The molecule has 7 nitrogen and oxygen atoms in total. The maximum absolute atomic E-state index is 10.7. The van der Waals surface area contributed by atoms with Gasteiger partial charge < -0.3 is 19.6 Å².